The third kappa shape index (κ3) is 3.78. The Hall–Kier alpha value is -2.43. The Kier molecular flexibility index (Phi) is 4.87. The second-order valence-electron chi connectivity index (χ2n) is 5.03. The molecule has 2 aromatic rings. The number of carbonyl (C=O) groups excluding carboxylic acids is 1. The lowest BCUT2D eigenvalue weighted by Gasteiger charge is -2.28. The van der Waals surface area contributed by atoms with E-state index in [1.165, 1.54) is 0 Å². The van der Waals surface area contributed by atoms with Crippen molar-refractivity contribution in [3.63, 3.8) is 0 Å². The molecule has 0 saturated heterocycles. The van der Waals surface area contributed by atoms with E-state index < -0.39 is 0 Å². The molecule has 110 valence electrons. The number of pyridine rings is 2. The quantitative estimate of drug-likeness (QED) is 0.915. The number of nitrogen functional groups attached to an aromatic ring is 1. The molecule has 0 aliphatic heterocycles. The summed E-state index contributed by atoms with van der Waals surface area (Å²) >= 11 is 0. The van der Waals surface area contributed by atoms with Crippen molar-refractivity contribution in [2.45, 2.75) is 32.9 Å². The molecule has 0 aromatic carbocycles. The first-order chi connectivity index (χ1) is 10.1. The van der Waals surface area contributed by atoms with Gasteiger partial charge in [-0.1, -0.05) is 13.0 Å². The number of nitrogens with zero attached hydrogens (tertiary/aromatic N) is 3. The lowest BCUT2D eigenvalue weighted by atomic mass is 10.1. The van der Waals surface area contributed by atoms with E-state index in [2.05, 4.69) is 16.9 Å². The maximum Gasteiger partial charge on any atom is 0.273 e. The molecule has 0 fully saturated rings. The maximum absolute atomic E-state index is 12.7. The van der Waals surface area contributed by atoms with Crippen LogP contribution in [0.2, 0.25) is 0 Å². The van der Waals surface area contributed by atoms with Gasteiger partial charge in [0.25, 0.3) is 5.91 Å². The van der Waals surface area contributed by atoms with E-state index >= 15 is 0 Å². The molecule has 1 amide bonds. The van der Waals surface area contributed by atoms with Gasteiger partial charge in [-0.25, -0.2) is 0 Å². The van der Waals surface area contributed by atoms with E-state index in [1.54, 1.807) is 35.6 Å². The van der Waals surface area contributed by atoms with Crippen LogP contribution in [0.4, 0.5) is 5.69 Å². The van der Waals surface area contributed by atoms with Crippen molar-refractivity contribution in [2.24, 2.45) is 0 Å². The second kappa shape index (κ2) is 6.83. The van der Waals surface area contributed by atoms with Crippen molar-refractivity contribution in [2.75, 3.05) is 5.73 Å². The first kappa shape index (κ1) is 15.0. The third-order valence-corrected chi connectivity index (χ3v) is 3.46. The Morgan fingerprint density at radius 3 is 2.81 bits per heavy atom. The van der Waals surface area contributed by atoms with Gasteiger partial charge in [0.05, 0.1) is 0 Å². The van der Waals surface area contributed by atoms with Gasteiger partial charge in [-0.15, -0.1) is 0 Å². The number of carbonyl (C=O) groups is 1. The number of anilines is 1. The minimum Gasteiger partial charge on any atom is -0.399 e. The Bertz CT molecular complexity index is 600. The maximum atomic E-state index is 12.7. The Morgan fingerprint density at radius 1 is 1.38 bits per heavy atom. The fourth-order valence-electron chi connectivity index (χ4n) is 2.05. The standard InChI is InChI=1S/C16H20N4O/c1-3-12(2)20(11-13-5-4-7-18-10-13)16(21)15-9-14(17)6-8-19-15/h4-10,12H,3,11H2,1-2H3,(H2,17,19)/t12-/m1/s1. The molecule has 2 rings (SSSR count). The summed E-state index contributed by atoms with van der Waals surface area (Å²) in [6.07, 6.45) is 5.92. The van der Waals surface area contributed by atoms with Gasteiger partial charge in [-0.3, -0.25) is 14.8 Å². The largest absolute Gasteiger partial charge is 0.399 e. The molecule has 0 radical (unpaired) electrons. The average Bonchev–Trinajstić information content (AvgIpc) is 2.52. The van der Waals surface area contributed by atoms with E-state index in [1.807, 2.05) is 19.1 Å². The average molecular weight is 284 g/mol. The van der Waals surface area contributed by atoms with Crippen LogP contribution >= 0.6 is 0 Å². The molecule has 0 aliphatic rings. The lowest BCUT2D eigenvalue weighted by Crippen LogP contribution is -2.38. The minimum absolute atomic E-state index is 0.111. The van der Waals surface area contributed by atoms with E-state index in [9.17, 15) is 4.79 Å². The zero-order chi connectivity index (χ0) is 15.2. The number of rotatable bonds is 5. The number of hydrogen-bond donors (Lipinski definition) is 1. The lowest BCUT2D eigenvalue weighted by molar-refractivity contribution is 0.0665. The zero-order valence-electron chi connectivity index (χ0n) is 12.4. The summed E-state index contributed by atoms with van der Waals surface area (Å²) in [4.78, 5) is 22.7. The predicted octanol–water partition coefficient (Wildman–Crippen LogP) is 2.50. The van der Waals surface area contributed by atoms with Crippen LogP contribution < -0.4 is 5.73 Å². The van der Waals surface area contributed by atoms with E-state index in [0.29, 0.717) is 17.9 Å². The van der Waals surface area contributed by atoms with E-state index in [4.69, 9.17) is 5.73 Å². The van der Waals surface area contributed by atoms with Gasteiger partial charge in [0.2, 0.25) is 0 Å². The van der Waals surface area contributed by atoms with Crippen molar-refractivity contribution in [1.82, 2.24) is 14.9 Å². The molecule has 0 bridgehead atoms. The summed E-state index contributed by atoms with van der Waals surface area (Å²) in [5, 5.41) is 0. The molecule has 5 nitrogen and oxygen atoms in total. The molecule has 0 spiro atoms. The highest BCUT2D eigenvalue weighted by atomic mass is 16.2. The summed E-state index contributed by atoms with van der Waals surface area (Å²) in [5.41, 5.74) is 7.65. The number of hydrogen-bond acceptors (Lipinski definition) is 4. The summed E-state index contributed by atoms with van der Waals surface area (Å²) in [7, 11) is 0. The first-order valence-electron chi connectivity index (χ1n) is 7.03. The van der Waals surface area contributed by atoms with Crippen LogP contribution in [-0.4, -0.2) is 26.8 Å². The Labute approximate surface area is 124 Å². The van der Waals surface area contributed by atoms with Crippen LogP contribution in [0.15, 0.2) is 42.9 Å². The van der Waals surface area contributed by atoms with Crippen molar-refractivity contribution in [1.29, 1.82) is 0 Å². The van der Waals surface area contributed by atoms with Crippen LogP contribution in [0.25, 0.3) is 0 Å². The number of aromatic nitrogens is 2. The molecule has 2 N–H and O–H groups in total. The second-order valence-corrected chi connectivity index (χ2v) is 5.03. The summed E-state index contributed by atoms with van der Waals surface area (Å²) in [5.74, 6) is -0.111. The van der Waals surface area contributed by atoms with Crippen LogP contribution in [0.3, 0.4) is 0 Å². The highest BCUT2D eigenvalue weighted by molar-refractivity contribution is 5.93. The number of amides is 1. The predicted molar refractivity (Wildman–Crippen MR) is 82.5 cm³/mol. The third-order valence-electron chi connectivity index (χ3n) is 3.46. The fourth-order valence-corrected chi connectivity index (χ4v) is 2.05. The summed E-state index contributed by atoms with van der Waals surface area (Å²) in [6, 6.07) is 7.23. The molecule has 0 aliphatic carbocycles. The highest BCUT2D eigenvalue weighted by Gasteiger charge is 2.22. The normalized spacial score (nSPS) is 11.9. The molecule has 0 saturated carbocycles. The van der Waals surface area contributed by atoms with Crippen LogP contribution in [0, 0.1) is 0 Å². The van der Waals surface area contributed by atoms with Gasteiger partial charge >= 0.3 is 0 Å². The van der Waals surface area contributed by atoms with Gasteiger partial charge in [0.1, 0.15) is 5.69 Å². The van der Waals surface area contributed by atoms with Crippen molar-refractivity contribution >= 4 is 11.6 Å². The van der Waals surface area contributed by atoms with Gasteiger partial charge in [0.15, 0.2) is 0 Å². The molecular formula is C16H20N4O. The van der Waals surface area contributed by atoms with E-state index in [0.717, 1.165) is 12.0 Å². The van der Waals surface area contributed by atoms with Gasteiger partial charge in [-0.2, -0.15) is 0 Å². The van der Waals surface area contributed by atoms with Crippen LogP contribution in [0.1, 0.15) is 36.3 Å². The smallest absolute Gasteiger partial charge is 0.273 e. The molecule has 2 heterocycles. The van der Waals surface area contributed by atoms with Crippen molar-refractivity contribution < 1.29 is 4.79 Å². The highest BCUT2D eigenvalue weighted by Crippen LogP contribution is 2.15. The van der Waals surface area contributed by atoms with Crippen LogP contribution in [-0.2, 0) is 6.54 Å². The topological polar surface area (TPSA) is 72.1 Å². The molecule has 1 atom stereocenters. The van der Waals surface area contributed by atoms with E-state index in [-0.39, 0.29) is 11.9 Å². The SMILES string of the molecule is CC[C@@H](C)N(Cc1cccnc1)C(=O)c1cc(N)ccn1. The first-order valence-corrected chi connectivity index (χ1v) is 7.03. The minimum atomic E-state index is -0.111. The molecule has 5 heteroatoms. The van der Waals surface area contributed by atoms with Crippen molar-refractivity contribution in [3.05, 3.63) is 54.1 Å². The zero-order valence-corrected chi connectivity index (χ0v) is 12.4. The van der Waals surface area contributed by atoms with Gasteiger partial charge < -0.3 is 10.6 Å². The molecule has 2 aromatic heterocycles. The van der Waals surface area contributed by atoms with Crippen LogP contribution in [0.5, 0.6) is 0 Å². The number of nitrogens with two attached hydrogens (primary N) is 1. The Morgan fingerprint density at radius 2 is 2.19 bits per heavy atom. The molecule has 0 unspecified atom stereocenters. The summed E-state index contributed by atoms with van der Waals surface area (Å²) in [6.45, 7) is 4.60. The van der Waals surface area contributed by atoms with Gasteiger partial charge in [-0.05, 0) is 37.1 Å². The summed E-state index contributed by atoms with van der Waals surface area (Å²) < 4.78 is 0. The fraction of sp³-hybridized carbons (Fsp3) is 0.312. The van der Waals surface area contributed by atoms with Crippen molar-refractivity contribution in [3.8, 4) is 0 Å². The molecular weight excluding hydrogens is 264 g/mol. The monoisotopic (exact) mass is 284 g/mol. The molecule has 21 heavy (non-hydrogen) atoms. The Balaban J connectivity index is 2.25. The van der Waals surface area contributed by atoms with Gasteiger partial charge in [0, 0.05) is 36.9 Å².